The molecule has 0 saturated heterocycles. The average molecular weight is 370 g/mol. The van der Waals surface area contributed by atoms with Crippen molar-refractivity contribution < 1.29 is 13.2 Å². The highest BCUT2D eigenvalue weighted by molar-refractivity contribution is 7.89. The van der Waals surface area contributed by atoms with Gasteiger partial charge in [-0.15, -0.1) is 0 Å². The molecular weight excluding hydrogens is 352 g/mol. The lowest BCUT2D eigenvalue weighted by molar-refractivity contribution is 0.0954. The fourth-order valence-electron chi connectivity index (χ4n) is 2.43. The quantitative estimate of drug-likeness (QED) is 0.685. The van der Waals surface area contributed by atoms with Crippen molar-refractivity contribution in [3.8, 4) is 5.69 Å². The van der Waals surface area contributed by atoms with Gasteiger partial charge >= 0.3 is 0 Å². The normalized spacial score (nSPS) is 11.3. The largest absolute Gasteiger partial charge is 0.352 e. The van der Waals surface area contributed by atoms with Crippen LogP contribution in [0.1, 0.15) is 15.9 Å². The molecule has 1 amide bonds. The Morgan fingerprint density at radius 3 is 2.42 bits per heavy atom. The van der Waals surface area contributed by atoms with Crippen LogP contribution in [-0.2, 0) is 16.4 Å². The molecule has 3 rings (SSSR count). The number of nitrogens with one attached hydrogen (secondary N) is 1. The van der Waals surface area contributed by atoms with Gasteiger partial charge in [-0.2, -0.15) is 5.10 Å². The molecule has 0 aliphatic rings. The number of hydrogen-bond donors (Lipinski definition) is 2. The lowest BCUT2D eigenvalue weighted by Gasteiger charge is -2.05. The van der Waals surface area contributed by atoms with Crippen LogP contribution in [0, 0.1) is 0 Å². The van der Waals surface area contributed by atoms with E-state index >= 15 is 0 Å². The van der Waals surface area contributed by atoms with Crippen molar-refractivity contribution >= 4 is 15.9 Å². The van der Waals surface area contributed by atoms with Gasteiger partial charge in [0.05, 0.1) is 22.3 Å². The second-order valence-electron chi connectivity index (χ2n) is 5.70. The van der Waals surface area contributed by atoms with Gasteiger partial charge in [0.15, 0.2) is 0 Å². The molecule has 0 atom stereocenters. The first kappa shape index (κ1) is 17.8. The molecule has 3 N–H and O–H groups in total. The zero-order chi connectivity index (χ0) is 18.6. The fourth-order valence-corrected chi connectivity index (χ4v) is 2.95. The van der Waals surface area contributed by atoms with Crippen LogP contribution in [0.15, 0.2) is 71.9 Å². The third kappa shape index (κ3) is 4.35. The summed E-state index contributed by atoms with van der Waals surface area (Å²) < 4.78 is 24.1. The first-order valence-electron chi connectivity index (χ1n) is 7.93. The number of nitrogens with zero attached hydrogens (tertiary/aromatic N) is 2. The summed E-state index contributed by atoms with van der Waals surface area (Å²) in [6, 6.07) is 15.8. The highest BCUT2D eigenvalue weighted by atomic mass is 32.2. The maximum Gasteiger partial charge on any atom is 0.254 e. The molecule has 8 heteroatoms. The summed E-state index contributed by atoms with van der Waals surface area (Å²) in [6.45, 7) is 0.421. The monoisotopic (exact) mass is 370 g/mol. The Balaban J connectivity index is 1.55. The zero-order valence-corrected chi connectivity index (χ0v) is 14.7. The van der Waals surface area contributed by atoms with E-state index in [1.807, 2.05) is 30.3 Å². The van der Waals surface area contributed by atoms with E-state index in [0.717, 1.165) is 11.3 Å². The highest BCUT2D eigenvalue weighted by Crippen LogP contribution is 2.10. The Bertz CT molecular complexity index is 996. The number of para-hydroxylation sites is 1. The first-order chi connectivity index (χ1) is 12.4. The molecule has 134 valence electrons. The Kier molecular flexibility index (Phi) is 5.15. The minimum Gasteiger partial charge on any atom is -0.352 e. The van der Waals surface area contributed by atoms with Gasteiger partial charge < -0.3 is 5.32 Å². The van der Waals surface area contributed by atoms with Crippen molar-refractivity contribution in [1.82, 2.24) is 15.1 Å². The van der Waals surface area contributed by atoms with Crippen molar-refractivity contribution in [2.45, 2.75) is 11.3 Å². The number of primary sulfonamides is 1. The standard InChI is InChI=1S/C18H18N4O3S/c19-26(24,25)17-8-6-14(7-9-17)10-11-20-18(23)15-12-21-22(13-15)16-4-2-1-3-5-16/h1-9,12-13H,10-11H2,(H,20,23)(H2,19,24,25). The van der Waals surface area contributed by atoms with Gasteiger partial charge in [0, 0.05) is 12.7 Å². The number of nitrogens with two attached hydrogens (primary N) is 1. The molecule has 3 aromatic rings. The minimum absolute atomic E-state index is 0.0682. The van der Waals surface area contributed by atoms with Crippen LogP contribution in [0.5, 0.6) is 0 Å². The third-order valence-electron chi connectivity index (χ3n) is 3.82. The number of aromatic nitrogens is 2. The van der Waals surface area contributed by atoms with E-state index in [2.05, 4.69) is 10.4 Å². The van der Waals surface area contributed by atoms with E-state index < -0.39 is 10.0 Å². The van der Waals surface area contributed by atoms with Gasteiger partial charge in [-0.3, -0.25) is 4.79 Å². The predicted molar refractivity (Wildman–Crippen MR) is 97.4 cm³/mol. The van der Waals surface area contributed by atoms with E-state index in [1.165, 1.54) is 18.3 Å². The van der Waals surface area contributed by atoms with E-state index in [1.54, 1.807) is 23.0 Å². The van der Waals surface area contributed by atoms with Gasteiger partial charge in [-0.1, -0.05) is 30.3 Å². The summed E-state index contributed by atoms with van der Waals surface area (Å²) in [5.41, 5.74) is 2.25. The van der Waals surface area contributed by atoms with Crippen LogP contribution in [0.4, 0.5) is 0 Å². The van der Waals surface area contributed by atoms with E-state index in [9.17, 15) is 13.2 Å². The molecule has 0 aliphatic carbocycles. The molecule has 1 aromatic heterocycles. The summed E-state index contributed by atoms with van der Waals surface area (Å²) in [4.78, 5) is 12.3. The Morgan fingerprint density at radius 2 is 1.77 bits per heavy atom. The molecule has 0 spiro atoms. The summed E-state index contributed by atoms with van der Waals surface area (Å²) in [6.07, 6.45) is 3.76. The van der Waals surface area contributed by atoms with E-state index in [0.29, 0.717) is 18.5 Å². The predicted octanol–water partition coefficient (Wildman–Crippen LogP) is 1.49. The summed E-state index contributed by atoms with van der Waals surface area (Å²) >= 11 is 0. The van der Waals surface area contributed by atoms with Crippen molar-refractivity contribution in [2.75, 3.05) is 6.54 Å². The maximum absolute atomic E-state index is 12.2. The van der Waals surface area contributed by atoms with Crippen LogP contribution in [0.3, 0.4) is 0 Å². The molecule has 7 nitrogen and oxygen atoms in total. The zero-order valence-electron chi connectivity index (χ0n) is 13.9. The van der Waals surface area contributed by atoms with Crippen molar-refractivity contribution in [3.63, 3.8) is 0 Å². The fraction of sp³-hybridized carbons (Fsp3) is 0.111. The second-order valence-corrected chi connectivity index (χ2v) is 7.27. The van der Waals surface area contributed by atoms with E-state index in [4.69, 9.17) is 5.14 Å². The Hall–Kier alpha value is -2.97. The number of rotatable bonds is 6. The highest BCUT2D eigenvalue weighted by Gasteiger charge is 2.10. The second kappa shape index (κ2) is 7.51. The molecule has 2 aromatic carbocycles. The van der Waals surface area contributed by atoms with Gasteiger partial charge in [-0.05, 0) is 36.2 Å². The average Bonchev–Trinajstić information content (AvgIpc) is 3.12. The van der Waals surface area contributed by atoms with Gasteiger partial charge in [0.25, 0.3) is 5.91 Å². The van der Waals surface area contributed by atoms with E-state index in [-0.39, 0.29) is 10.8 Å². The van der Waals surface area contributed by atoms with Crippen molar-refractivity contribution in [1.29, 1.82) is 0 Å². The lowest BCUT2D eigenvalue weighted by atomic mass is 10.1. The van der Waals surface area contributed by atoms with Gasteiger partial charge in [0.2, 0.25) is 10.0 Å². The number of amides is 1. The molecule has 1 heterocycles. The molecule has 0 aliphatic heterocycles. The number of benzene rings is 2. The van der Waals surface area contributed by atoms with Crippen molar-refractivity contribution in [2.24, 2.45) is 5.14 Å². The molecule has 0 fully saturated rings. The van der Waals surface area contributed by atoms with Crippen LogP contribution >= 0.6 is 0 Å². The lowest BCUT2D eigenvalue weighted by Crippen LogP contribution is -2.25. The summed E-state index contributed by atoms with van der Waals surface area (Å²) in [5.74, 6) is -0.215. The van der Waals surface area contributed by atoms with Gasteiger partial charge in [-0.25, -0.2) is 18.2 Å². The first-order valence-corrected chi connectivity index (χ1v) is 9.48. The third-order valence-corrected chi connectivity index (χ3v) is 4.75. The Labute approximate surface area is 151 Å². The van der Waals surface area contributed by atoms with Crippen molar-refractivity contribution in [3.05, 3.63) is 78.1 Å². The Morgan fingerprint density at radius 1 is 1.08 bits per heavy atom. The molecule has 0 unspecified atom stereocenters. The number of carbonyl (C=O) groups excluding carboxylic acids is 1. The smallest absolute Gasteiger partial charge is 0.254 e. The summed E-state index contributed by atoms with van der Waals surface area (Å²) in [7, 11) is -3.69. The number of hydrogen-bond acceptors (Lipinski definition) is 4. The van der Waals surface area contributed by atoms with Crippen LogP contribution < -0.4 is 10.5 Å². The number of carbonyl (C=O) groups is 1. The van der Waals surface area contributed by atoms with Crippen LogP contribution in [0.25, 0.3) is 5.69 Å². The molecular formula is C18H18N4O3S. The van der Waals surface area contributed by atoms with Crippen LogP contribution in [0.2, 0.25) is 0 Å². The minimum atomic E-state index is -3.69. The summed E-state index contributed by atoms with van der Waals surface area (Å²) in [5, 5.41) is 12.1. The molecule has 0 bridgehead atoms. The SMILES string of the molecule is NS(=O)(=O)c1ccc(CCNC(=O)c2cnn(-c3ccccc3)c2)cc1. The topological polar surface area (TPSA) is 107 Å². The van der Waals surface area contributed by atoms with Crippen LogP contribution in [-0.4, -0.2) is 30.7 Å². The molecule has 26 heavy (non-hydrogen) atoms. The molecule has 0 radical (unpaired) electrons. The molecule has 0 saturated carbocycles. The number of sulfonamides is 1. The maximum atomic E-state index is 12.2. The van der Waals surface area contributed by atoms with Gasteiger partial charge in [0.1, 0.15) is 0 Å².